The average molecular weight is 233 g/mol. The smallest absolute Gasteiger partial charge is 0.129 e. The molecule has 1 aliphatic rings. The lowest BCUT2D eigenvalue weighted by atomic mass is 9.92. The molecule has 0 saturated carbocycles. The zero-order valence-electron chi connectivity index (χ0n) is 11.1. The molecule has 17 heavy (non-hydrogen) atoms. The van der Waals surface area contributed by atoms with Crippen LogP contribution in [0, 0.1) is 12.8 Å². The van der Waals surface area contributed by atoms with E-state index in [0.717, 1.165) is 24.0 Å². The first-order chi connectivity index (χ1) is 8.11. The van der Waals surface area contributed by atoms with Gasteiger partial charge in [-0.15, -0.1) is 0 Å². The third-order valence-electron chi connectivity index (χ3n) is 3.90. The van der Waals surface area contributed by atoms with Gasteiger partial charge in [0, 0.05) is 24.8 Å². The minimum Gasteiger partial charge on any atom is -0.354 e. The van der Waals surface area contributed by atoms with Crippen molar-refractivity contribution >= 4 is 5.82 Å². The van der Waals surface area contributed by atoms with E-state index in [0.29, 0.717) is 12.6 Å². The highest BCUT2D eigenvalue weighted by atomic mass is 15.2. The van der Waals surface area contributed by atoms with Crippen LogP contribution >= 0.6 is 0 Å². The van der Waals surface area contributed by atoms with Crippen molar-refractivity contribution in [1.29, 1.82) is 0 Å². The molecule has 2 heterocycles. The van der Waals surface area contributed by atoms with E-state index in [9.17, 15) is 0 Å². The Hall–Kier alpha value is -1.09. The van der Waals surface area contributed by atoms with Gasteiger partial charge in [0.2, 0.25) is 0 Å². The number of pyridine rings is 1. The third-order valence-corrected chi connectivity index (χ3v) is 3.90. The molecule has 0 aromatic carbocycles. The van der Waals surface area contributed by atoms with Gasteiger partial charge in [0.1, 0.15) is 5.82 Å². The number of hydrogen-bond acceptors (Lipinski definition) is 3. The first-order valence-electron chi connectivity index (χ1n) is 6.56. The zero-order chi connectivity index (χ0) is 12.4. The van der Waals surface area contributed by atoms with Crippen LogP contribution in [0.25, 0.3) is 0 Å². The summed E-state index contributed by atoms with van der Waals surface area (Å²) in [5.41, 5.74) is 7.97. The number of nitrogens with two attached hydrogens (primary N) is 1. The Morgan fingerprint density at radius 2 is 2.18 bits per heavy atom. The molecular formula is C14H23N3. The fraction of sp³-hybridized carbons (Fsp3) is 0.643. The van der Waals surface area contributed by atoms with Gasteiger partial charge in [-0.1, -0.05) is 6.92 Å². The minimum atomic E-state index is 0.573. The third kappa shape index (κ3) is 2.60. The second kappa shape index (κ2) is 5.05. The summed E-state index contributed by atoms with van der Waals surface area (Å²) in [6, 6.07) is 4.78. The zero-order valence-corrected chi connectivity index (χ0v) is 11.1. The maximum Gasteiger partial charge on any atom is 0.129 e. The number of aryl methyl sites for hydroxylation is 1. The highest BCUT2D eigenvalue weighted by molar-refractivity contribution is 5.44. The molecule has 1 fully saturated rings. The van der Waals surface area contributed by atoms with Crippen LogP contribution in [0.5, 0.6) is 0 Å². The molecule has 0 spiro atoms. The maximum atomic E-state index is 5.73. The molecule has 2 N–H and O–H groups in total. The summed E-state index contributed by atoms with van der Waals surface area (Å²) in [4.78, 5) is 7.09. The van der Waals surface area contributed by atoms with Gasteiger partial charge in [-0.2, -0.15) is 0 Å². The van der Waals surface area contributed by atoms with Crippen LogP contribution < -0.4 is 10.6 Å². The lowest BCUT2D eigenvalue weighted by molar-refractivity contribution is 0.361. The number of anilines is 1. The minimum absolute atomic E-state index is 0.573. The summed E-state index contributed by atoms with van der Waals surface area (Å²) in [5, 5.41) is 0. The number of nitrogens with zero attached hydrogens (tertiary/aromatic N) is 2. The Bertz CT molecular complexity index is 389. The normalized spacial score (nSPS) is 25.1. The van der Waals surface area contributed by atoms with Gasteiger partial charge in [0.25, 0.3) is 0 Å². The summed E-state index contributed by atoms with van der Waals surface area (Å²) in [7, 11) is 0. The van der Waals surface area contributed by atoms with Gasteiger partial charge in [0.05, 0.1) is 0 Å². The van der Waals surface area contributed by atoms with Crippen molar-refractivity contribution in [1.82, 2.24) is 4.98 Å². The fourth-order valence-electron chi connectivity index (χ4n) is 2.64. The van der Waals surface area contributed by atoms with Crippen LogP contribution in [-0.2, 0) is 6.54 Å². The number of rotatable bonds is 2. The first kappa shape index (κ1) is 12.4. The topological polar surface area (TPSA) is 42.1 Å². The van der Waals surface area contributed by atoms with E-state index in [-0.39, 0.29) is 0 Å². The largest absolute Gasteiger partial charge is 0.354 e. The number of hydrogen-bond donors (Lipinski definition) is 1. The Labute approximate surface area is 104 Å². The number of piperidine rings is 1. The monoisotopic (exact) mass is 233 g/mol. The van der Waals surface area contributed by atoms with E-state index in [4.69, 9.17) is 5.73 Å². The second-order valence-electron chi connectivity index (χ2n) is 5.23. The summed E-state index contributed by atoms with van der Waals surface area (Å²) >= 11 is 0. The molecule has 0 amide bonds. The van der Waals surface area contributed by atoms with Crippen LogP contribution in [-0.4, -0.2) is 17.6 Å². The summed E-state index contributed by atoms with van der Waals surface area (Å²) in [6.07, 6.45) is 2.59. The van der Waals surface area contributed by atoms with Crippen molar-refractivity contribution < 1.29 is 0 Å². The van der Waals surface area contributed by atoms with Gasteiger partial charge < -0.3 is 10.6 Å². The van der Waals surface area contributed by atoms with Crippen molar-refractivity contribution in [2.24, 2.45) is 11.7 Å². The van der Waals surface area contributed by atoms with Gasteiger partial charge in [-0.05, 0) is 50.3 Å². The summed E-state index contributed by atoms with van der Waals surface area (Å²) < 4.78 is 0. The molecule has 94 valence electrons. The predicted molar refractivity (Wildman–Crippen MR) is 72.1 cm³/mol. The fourth-order valence-corrected chi connectivity index (χ4v) is 2.64. The van der Waals surface area contributed by atoms with Crippen molar-refractivity contribution in [3.63, 3.8) is 0 Å². The van der Waals surface area contributed by atoms with Crippen molar-refractivity contribution in [3.8, 4) is 0 Å². The van der Waals surface area contributed by atoms with Crippen LogP contribution in [0.15, 0.2) is 12.1 Å². The molecule has 0 aliphatic carbocycles. The van der Waals surface area contributed by atoms with E-state index in [1.807, 2.05) is 6.92 Å². The highest BCUT2D eigenvalue weighted by Crippen LogP contribution is 2.27. The van der Waals surface area contributed by atoms with Gasteiger partial charge in [0.15, 0.2) is 0 Å². The van der Waals surface area contributed by atoms with E-state index < -0.39 is 0 Å². The lowest BCUT2D eigenvalue weighted by Gasteiger charge is -2.39. The molecule has 3 nitrogen and oxygen atoms in total. The molecule has 2 unspecified atom stereocenters. The first-order valence-corrected chi connectivity index (χ1v) is 6.56. The number of aromatic nitrogens is 1. The van der Waals surface area contributed by atoms with Crippen LogP contribution in [0.4, 0.5) is 5.82 Å². The molecule has 2 rings (SSSR count). The van der Waals surface area contributed by atoms with Crippen LogP contribution in [0.2, 0.25) is 0 Å². The van der Waals surface area contributed by atoms with Gasteiger partial charge in [-0.25, -0.2) is 4.98 Å². The van der Waals surface area contributed by atoms with Crippen molar-refractivity contribution in [2.75, 3.05) is 11.4 Å². The second-order valence-corrected chi connectivity index (χ2v) is 5.23. The van der Waals surface area contributed by atoms with Crippen molar-refractivity contribution in [3.05, 3.63) is 23.4 Å². The Kier molecular flexibility index (Phi) is 3.67. The average Bonchev–Trinajstić information content (AvgIpc) is 2.31. The van der Waals surface area contributed by atoms with E-state index in [1.165, 1.54) is 18.4 Å². The molecule has 1 saturated heterocycles. The molecule has 1 aliphatic heterocycles. The molecule has 1 aromatic rings. The Morgan fingerprint density at radius 1 is 1.41 bits per heavy atom. The molecule has 2 atom stereocenters. The van der Waals surface area contributed by atoms with Gasteiger partial charge in [-0.3, -0.25) is 0 Å². The maximum absolute atomic E-state index is 5.73. The van der Waals surface area contributed by atoms with E-state index >= 15 is 0 Å². The summed E-state index contributed by atoms with van der Waals surface area (Å²) in [6.45, 7) is 8.38. The quantitative estimate of drug-likeness (QED) is 0.853. The Balaban J connectivity index is 2.29. The molecule has 3 heteroatoms. The van der Waals surface area contributed by atoms with Crippen molar-refractivity contribution in [2.45, 2.75) is 46.2 Å². The van der Waals surface area contributed by atoms with E-state index in [2.05, 4.69) is 35.9 Å². The standard InChI is InChI=1S/C14H23N3/c1-10-5-4-6-17(12(10)3)14-8-13(9-15)7-11(2)16-14/h7-8,10,12H,4-6,9,15H2,1-3H3. The molecule has 1 aromatic heterocycles. The molecular weight excluding hydrogens is 210 g/mol. The van der Waals surface area contributed by atoms with Crippen LogP contribution in [0.1, 0.15) is 37.9 Å². The Morgan fingerprint density at radius 3 is 2.88 bits per heavy atom. The molecule has 0 bridgehead atoms. The predicted octanol–water partition coefficient (Wildman–Crippen LogP) is 2.47. The lowest BCUT2D eigenvalue weighted by Crippen LogP contribution is -2.43. The summed E-state index contributed by atoms with van der Waals surface area (Å²) in [5.74, 6) is 1.84. The van der Waals surface area contributed by atoms with Crippen LogP contribution in [0.3, 0.4) is 0 Å². The van der Waals surface area contributed by atoms with Gasteiger partial charge >= 0.3 is 0 Å². The van der Waals surface area contributed by atoms with E-state index in [1.54, 1.807) is 0 Å². The SMILES string of the molecule is Cc1cc(CN)cc(N2CCCC(C)C2C)n1. The highest BCUT2D eigenvalue weighted by Gasteiger charge is 2.25. The molecule has 0 radical (unpaired) electrons.